The van der Waals surface area contributed by atoms with Crippen LogP contribution in [0, 0.1) is 0 Å². The van der Waals surface area contributed by atoms with Crippen LogP contribution >= 0.6 is 0 Å². The molecule has 1 aliphatic carbocycles. The molecule has 0 heterocycles. The third-order valence-electron chi connectivity index (χ3n) is 2.71. The van der Waals surface area contributed by atoms with Gasteiger partial charge >= 0.3 is 0 Å². The summed E-state index contributed by atoms with van der Waals surface area (Å²) in [5.41, 5.74) is 8.62. The first-order valence-electron chi connectivity index (χ1n) is 5.32. The minimum Gasteiger partial charge on any atom is -0.494 e. The van der Waals surface area contributed by atoms with Gasteiger partial charge in [-0.25, -0.2) is 0 Å². The Morgan fingerprint density at radius 3 is 3.14 bits per heavy atom. The van der Waals surface area contributed by atoms with Gasteiger partial charge in [0.05, 0.1) is 6.61 Å². The summed E-state index contributed by atoms with van der Waals surface area (Å²) in [4.78, 5) is 0. The maximum atomic E-state index is 5.96. The van der Waals surface area contributed by atoms with Crippen LogP contribution in [-0.4, -0.2) is 6.61 Å². The fraction of sp³-hybridized carbons (Fsp3) is 0.500. The first-order chi connectivity index (χ1) is 6.81. The Bertz CT molecular complexity index is 322. The van der Waals surface area contributed by atoms with Crippen LogP contribution in [0.15, 0.2) is 18.2 Å². The van der Waals surface area contributed by atoms with E-state index in [-0.39, 0.29) is 6.04 Å². The number of nitrogens with two attached hydrogens (primary N) is 1. The maximum absolute atomic E-state index is 5.96. The van der Waals surface area contributed by atoms with Crippen molar-refractivity contribution in [3.63, 3.8) is 0 Å². The van der Waals surface area contributed by atoms with E-state index in [9.17, 15) is 0 Å². The molecular formula is C12H17NO. The average Bonchev–Trinajstić information content (AvgIpc) is 2.57. The molecule has 76 valence electrons. The zero-order chi connectivity index (χ0) is 9.97. The Balaban J connectivity index is 2.15. The maximum Gasteiger partial charge on any atom is 0.119 e. The number of aryl methyl sites for hydroxylation is 1. The number of fused-ring (bicyclic) bond motifs is 1. The molecule has 1 aromatic carbocycles. The summed E-state index contributed by atoms with van der Waals surface area (Å²) in [6.07, 6.45) is 3.23. The fourth-order valence-corrected chi connectivity index (χ4v) is 1.94. The number of hydrogen-bond acceptors (Lipinski definition) is 2. The van der Waals surface area contributed by atoms with E-state index in [0.717, 1.165) is 31.6 Å². The molecule has 0 saturated carbocycles. The summed E-state index contributed by atoms with van der Waals surface area (Å²) < 4.78 is 5.57. The average molecular weight is 191 g/mol. The number of hydrogen-bond donors (Lipinski definition) is 1. The van der Waals surface area contributed by atoms with Gasteiger partial charge in [0.1, 0.15) is 5.75 Å². The van der Waals surface area contributed by atoms with Crippen molar-refractivity contribution in [1.29, 1.82) is 0 Å². The third-order valence-corrected chi connectivity index (χ3v) is 2.71. The quantitative estimate of drug-likeness (QED) is 0.796. The molecule has 1 atom stereocenters. The van der Waals surface area contributed by atoms with Crippen LogP contribution in [0.1, 0.15) is 36.9 Å². The lowest BCUT2D eigenvalue weighted by Gasteiger charge is -2.08. The molecule has 14 heavy (non-hydrogen) atoms. The fourth-order valence-electron chi connectivity index (χ4n) is 1.94. The van der Waals surface area contributed by atoms with E-state index in [1.807, 2.05) is 6.07 Å². The van der Waals surface area contributed by atoms with Gasteiger partial charge in [-0.3, -0.25) is 0 Å². The molecule has 1 aromatic rings. The highest BCUT2D eigenvalue weighted by atomic mass is 16.5. The van der Waals surface area contributed by atoms with Crippen molar-refractivity contribution in [2.75, 3.05) is 6.61 Å². The minimum absolute atomic E-state index is 0.241. The zero-order valence-corrected chi connectivity index (χ0v) is 8.62. The number of benzene rings is 1. The molecule has 0 fully saturated rings. The molecule has 0 bridgehead atoms. The van der Waals surface area contributed by atoms with Crippen LogP contribution in [0.3, 0.4) is 0 Å². The van der Waals surface area contributed by atoms with E-state index in [1.165, 1.54) is 11.1 Å². The summed E-state index contributed by atoms with van der Waals surface area (Å²) in [5, 5.41) is 0. The van der Waals surface area contributed by atoms with Gasteiger partial charge in [-0.05, 0) is 42.5 Å². The highest BCUT2D eigenvalue weighted by Crippen LogP contribution is 2.31. The Hall–Kier alpha value is -1.02. The van der Waals surface area contributed by atoms with E-state index in [0.29, 0.717) is 0 Å². The van der Waals surface area contributed by atoms with E-state index in [4.69, 9.17) is 10.5 Å². The molecular weight excluding hydrogens is 174 g/mol. The van der Waals surface area contributed by atoms with Crippen LogP contribution in [0.25, 0.3) is 0 Å². The number of ether oxygens (including phenoxy) is 1. The molecule has 2 nitrogen and oxygen atoms in total. The summed E-state index contributed by atoms with van der Waals surface area (Å²) >= 11 is 0. The smallest absolute Gasteiger partial charge is 0.119 e. The molecule has 0 aliphatic heterocycles. The number of rotatable bonds is 3. The SMILES string of the molecule is CCCOc1ccc2c(c1)CC[C@H]2N. The van der Waals surface area contributed by atoms with Crippen molar-refractivity contribution in [2.24, 2.45) is 5.73 Å². The molecule has 2 N–H and O–H groups in total. The van der Waals surface area contributed by atoms with Crippen molar-refractivity contribution in [1.82, 2.24) is 0 Å². The van der Waals surface area contributed by atoms with Crippen LogP contribution in [0.4, 0.5) is 0 Å². The highest BCUT2D eigenvalue weighted by Gasteiger charge is 2.18. The van der Waals surface area contributed by atoms with Crippen molar-refractivity contribution in [3.05, 3.63) is 29.3 Å². The predicted molar refractivity (Wildman–Crippen MR) is 57.5 cm³/mol. The van der Waals surface area contributed by atoms with E-state index in [2.05, 4.69) is 19.1 Å². The normalized spacial score (nSPS) is 19.4. The van der Waals surface area contributed by atoms with Gasteiger partial charge in [0.25, 0.3) is 0 Å². The molecule has 0 spiro atoms. The Kier molecular flexibility index (Phi) is 2.73. The highest BCUT2D eigenvalue weighted by molar-refractivity contribution is 5.40. The largest absolute Gasteiger partial charge is 0.494 e. The summed E-state index contributed by atoms with van der Waals surface area (Å²) in [6.45, 7) is 2.91. The molecule has 2 heteroatoms. The van der Waals surface area contributed by atoms with Gasteiger partial charge in [-0.1, -0.05) is 13.0 Å². The topological polar surface area (TPSA) is 35.2 Å². The van der Waals surface area contributed by atoms with Crippen LogP contribution < -0.4 is 10.5 Å². The minimum atomic E-state index is 0.241. The van der Waals surface area contributed by atoms with Gasteiger partial charge in [-0.2, -0.15) is 0 Å². The van der Waals surface area contributed by atoms with Crippen molar-refractivity contribution in [2.45, 2.75) is 32.2 Å². The predicted octanol–water partition coefficient (Wildman–Crippen LogP) is 2.42. The summed E-state index contributed by atoms with van der Waals surface area (Å²) in [6, 6.07) is 6.51. The van der Waals surface area contributed by atoms with Crippen molar-refractivity contribution >= 4 is 0 Å². The molecule has 2 rings (SSSR count). The first kappa shape index (κ1) is 9.53. The Morgan fingerprint density at radius 2 is 2.36 bits per heavy atom. The molecule has 0 amide bonds. The van der Waals surface area contributed by atoms with E-state index >= 15 is 0 Å². The Morgan fingerprint density at radius 1 is 1.50 bits per heavy atom. The second kappa shape index (κ2) is 4.01. The standard InChI is InChI=1S/C12H17NO/c1-2-7-14-10-4-5-11-9(8-10)3-6-12(11)13/h4-5,8,12H,2-3,6-7,13H2,1H3/t12-/m1/s1. The van der Waals surface area contributed by atoms with Gasteiger partial charge < -0.3 is 10.5 Å². The third kappa shape index (κ3) is 1.75. The molecule has 0 saturated heterocycles. The van der Waals surface area contributed by atoms with Crippen molar-refractivity contribution in [3.8, 4) is 5.75 Å². The van der Waals surface area contributed by atoms with Crippen LogP contribution in [-0.2, 0) is 6.42 Å². The summed E-state index contributed by atoms with van der Waals surface area (Å²) in [7, 11) is 0. The second-order valence-electron chi connectivity index (χ2n) is 3.85. The van der Waals surface area contributed by atoms with Gasteiger partial charge in [-0.15, -0.1) is 0 Å². The zero-order valence-electron chi connectivity index (χ0n) is 8.62. The van der Waals surface area contributed by atoms with E-state index in [1.54, 1.807) is 0 Å². The Labute approximate surface area is 85.1 Å². The van der Waals surface area contributed by atoms with Crippen LogP contribution in [0.2, 0.25) is 0 Å². The first-order valence-corrected chi connectivity index (χ1v) is 5.32. The lowest BCUT2D eigenvalue weighted by molar-refractivity contribution is 0.317. The molecule has 0 unspecified atom stereocenters. The lowest BCUT2D eigenvalue weighted by atomic mass is 10.1. The van der Waals surface area contributed by atoms with Crippen molar-refractivity contribution < 1.29 is 4.74 Å². The van der Waals surface area contributed by atoms with Gasteiger partial charge in [0.2, 0.25) is 0 Å². The lowest BCUT2D eigenvalue weighted by Crippen LogP contribution is -2.05. The summed E-state index contributed by atoms with van der Waals surface area (Å²) in [5.74, 6) is 0.986. The molecule has 0 aromatic heterocycles. The van der Waals surface area contributed by atoms with Crippen LogP contribution in [0.5, 0.6) is 5.75 Å². The molecule has 1 aliphatic rings. The van der Waals surface area contributed by atoms with Gasteiger partial charge in [0, 0.05) is 6.04 Å². The second-order valence-corrected chi connectivity index (χ2v) is 3.85. The molecule has 0 radical (unpaired) electrons. The van der Waals surface area contributed by atoms with Gasteiger partial charge in [0.15, 0.2) is 0 Å². The van der Waals surface area contributed by atoms with E-state index < -0.39 is 0 Å². The monoisotopic (exact) mass is 191 g/mol.